The van der Waals surface area contributed by atoms with E-state index in [0.29, 0.717) is 5.92 Å². The zero-order valence-corrected chi connectivity index (χ0v) is 11.0. The van der Waals surface area contributed by atoms with E-state index in [1.807, 2.05) is 18.2 Å². The van der Waals surface area contributed by atoms with Gasteiger partial charge >= 0.3 is 0 Å². The van der Waals surface area contributed by atoms with Crippen molar-refractivity contribution in [3.05, 3.63) is 28.2 Å². The van der Waals surface area contributed by atoms with Gasteiger partial charge in [-0.05, 0) is 18.1 Å². The van der Waals surface area contributed by atoms with Crippen LogP contribution in [0.4, 0.5) is 0 Å². The van der Waals surface area contributed by atoms with Crippen molar-refractivity contribution in [2.75, 3.05) is 7.11 Å². The first-order valence-corrected chi connectivity index (χ1v) is 5.98. The van der Waals surface area contributed by atoms with Crippen LogP contribution in [0.2, 0.25) is 0 Å². The van der Waals surface area contributed by atoms with Crippen LogP contribution in [0.5, 0.6) is 5.75 Å². The number of hydrogen-bond donors (Lipinski definition) is 1. The largest absolute Gasteiger partial charge is 0.496 e. The highest BCUT2D eigenvalue weighted by Gasteiger charge is 2.17. The predicted octanol–water partition coefficient (Wildman–Crippen LogP) is 3.50. The van der Waals surface area contributed by atoms with E-state index in [1.165, 1.54) is 0 Å². The van der Waals surface area contributed by atoms with Gasteiger partial charge in [-0.25, -0.2) is 0 Å². The lowest BCUT2D eigenvalue weighted by Crippen LogP contribution is -2.19. The molecule has 0 fully saturated rings. The van der Waals surface area contributed by atoms with Gasteiger partial charge in [0.1, 0.15) is 5.75 Å². The van der Waals surface area contributed by atoms with Crippen molar-refractivity contribution in [1.29, 1.82) is 0 Å². The summed E-state index contributed by atoms with van der Waals surface area (Å²) < 4.78 is 6.35. The molecule has 0 aliphatic heterocycles. The lowest BCUT2D eigenvalue weighted by Gasteiger charge is -2.21. The van der Waals surface area contributed by atoms with E-state index in [9.17, 15) is 0 Å². The smallest absolute Gasteiger partial charge is 0.124 e. The molecule has 1 rings (SSSR count). The zero-order chi connectivity index (χ0) is 11.4. The van der Waals surface area contributed by atoms with E-state index >= 15 is 0 Å². The summed E-state index contributed by atoms with van der Waals surface area (Å²) in [5.74, 6) is 1.32. The summed E-state index contributed by atoms with van der Waals surface area (Å²) >= 11 is 3.42. The summed E-state index contributed by atoms with van der Waals surface area (Å²) in [7, 11) is 1.68. The number of methoxy groups -OCH3 is 1. The monoisotopic (exact) mass is 271 g/mol. The van der Waals surface area contributed by atoms with Crippen LogP contribution in [-0.4, -0.2) is 7.11 Å². The molecule has 1 aromatic rings. The molecular weight excluding hydrogens is 254 g/mol. The van der Waals surface area contributed by atoms with Gasteiger partial charge in [0.25, 0.3) is 0 Å². The minimum atomic E-state index is 0.0399. The maximum absolute atomic E-state index is 6.18. The Morgan fingerprint density at radius 1 is 1.47 bits per heavy atom. The van der Waals surface area contributed by atoms with Crippen LogP contribution in [0.3, 0.4) is 0 Å². The van der Waals surface area contributed by atoms with E-state index in [1.54, 1.807) is 7.11 Å². The number of rotatable bonds is 4. The van der Waals surface area contributed by atoms with Crippen molar-refractivity contribution in [2.24, 2.45) is 11.7 Å². The van der Waals surface area contributed by atoms with Crippen LogP contribution in [0, 0.1) is 5.92 Å². The zero-order valence-electron chi connectivity index (χ0n) is 9.46. The van der Waals surface area contributed by atoms with Crippen LogP contribution >= 0.6 is 15.9 Å². The average molecular weight is 272 g/mol. The van der Waals surface area contributed by atoms with Gasteiger partial charge in [-0.3, -0.25) is 0 Å². The summed E-state index contributed by atoms with van der Waals surface area (Å²) in [5, 5.41) is 0. The number of benzene rings is 1. The van der Waals surface area contributed by atoms with Gasteiger partial charge in [-0.15, -0.1) is 0 Å². The molecule has 0 bridgehead atoms. The Morgan fingerprint density at radius 2 is 2.13 bits per heavy atom. The molecule has 0 aliphatic rings. The number of hydrogen-bond acceptors (Lipinski definition) is 2. The molecule has 0 saturated carbocycles. The van der Waals surface area contributed by atoms with Gasteiger partial charge in [0.05, 0.1) is 7.11 Å². The van der Waals surface area contributed by atoms with Gasteiger partial charge in [-0.1, -0.05) is 42.3 Å². The second kappa shape index (κ2) is 5.52. The first-order chi connectivity index (χ1) is 7.10. The Labute approximate surface area is 99.9 Å². The normalized spacial score (nSPS) is 14.7. The fraction of sp³-hybridized carbons (Fsp3) is 0.500. The summed E-state index contributed by atoms with van der Waals surface area (Å²) in [6.45, 7) is 4.31. The highest BCUT2D eigenvalue weighted by Crippen LogP contribution is 2.31. The fourth-order valence-corrected chi connectivity index (χ4v) is 1.86. The molecule has 0 spiro atoms. The van der Waals surface area contributed by atoms with Crippen LogP contribution in [0.15, 0.2) is 22.7 Å². The Hall–Kier alpha value is -0.540. The van der Waals surface area contributed by atoms with E-state index in [0.717, 1.165) is 22.2 Å². The van der Waals surface area contributed by atoms with Crippen LogP contribution in [0.1, 0.15) is 31.9 Å². The molecule has 0 radical (unpaired) electrons. The molecule has 2 unspecified atom stereocenters. The molecule has 0 amide bonds. The molecule has 2 nitrogen and oxygen atoms in total. The number of ether oxygens (including phenoxy) is 1. The van der Waals surface area contributed by atoms with Crippen molar-refractivity contribution in [3.8, 4) is 5.75 Å². The maximum atomic E-state index is 6.18. The minimum absolute atomic E-state index is 0.0399. The molecule has 2 atom stereocenters. The SMILES string of the molecule is CCC(C)C(N)c1ccc(Br)cc1OC. The first-order valence-electron chi connectivity index (χ1n) is 5.19. The van der Waals surface area contributed by atoms with Crippen molar-refractivity contribution >= 4 is 15.9 Å². The number of halogens is 1. The molecular formula is C12H18BrNO. The second-order valence-corrected chi connectivity index (χ2v) is 4.71. The molecule has 15 heavy (non-hydrogen) atoms. The lowest BCUT2D eigenvalue weighted by atomic mass is 9.93. The Morgan fingerprint density at radius 3 is 2.67 bits per heavy atom. The van der Waals surface area contributed by atoms with Crippen LogP contribution < -0.4 is 10.5 Å². The number of nitrogens with two attached hydrogens (primary N) is 1. The summed E-state index contributed by atoms with van der Waals surface area (Å²) in [4.78, 5) is 0. The van der Waals surface area contributed by atoms with E-state index in [2.05, 4.69) is 29.8 Å². The maximum Gasteiger partial charge on any atom is 0.124 e. The standard InChI is InChI=1S/C12H18BrNO/c1-4-8(2)12(14)10-6-5-9(13)7-11(10)15-3/h5-8,12H,4,14H2,1-3H3. The van der Waals surface area contributed by atoms with Crippen LogP contribution in [0.25, 0.3) is 0 Å². The van der Waals surface area contributed by atoms with Crippen molar-refractivity contribution in [3.63, 3.8) is 0 Å². The summed E-state index contributed by atoms with van der Waals surface area (Å²) in [5.41, 5.74) is 7.26. The van der Waals surface area contributed by atoms with Gasteiger partial charge in [0.2, 0.25) is 0 Å². The average Bonchev–Trinajstić information content (AvgIpc) is 2.26. The Bertz CT molecular complexity index is 327. The second-order valence-electron chi connectivity index (χ2n) is 3.80. The topological polar surface area (TPSA) is 35.2 Å². The van der Waals surface area contributed by atoms with Gasteiger partial charge in [0, 0.05) is 16.1 Å². The summed E-state index contributed by atoms with van der Waals surface area (Å²) in [6, 6.07) is 6.02. The van der Waals surface area contributed by atoms with E-state index in [4.69, 9.17) is 10.5 Å². The first kappa shape index (κ1) is 12.5. The third-order valence-electron chi connectivity index (χ3n) is 2.81. The lowest BCUT2D eigenvalue weighted by molar-refractivity contribution is 0.388. The fourth-order valence-electron chi connectivity index (χ4n) is 1.52. The Balaban J connectivity index is 3.02. The van der Waals surface area contributed by atoms with Crippen molar-refractivity contribution < 1.29 is 4.74 Å². The molecule has 0 aromatic heterocycles. The minimum Gasteiger partial charge on any atom is -0.496 e. The highest BCUT2D eigenvalue weighted by atomic mass is 79.9. The van der Waals surface area contributed by atoms with Gasteiger partial charge in [0.15, 0.2) is 0 Å². The molecule has 1 aromatic carbocycles. The van der Waals surface area contributed by atoms with E-state index in [-0.39, 0.29) is 6.04 Å². The summed E-state index contributed by atoms with van der Waals surface area (Å²) in [6.07, 6.45) is 1.07. The molecule has 2 N–H and O–H groups in total. The van der Waals surface area contributed by atoms with Crippen molar-refractivity contribution in [1.82, 2.24) is 0 Å². The molecule has 0 saturated heterocycles. The predicted molar refractivity (Wildman–Crippen MR) is 67.1 cm³/mol. The van der Waals surface area contributed by atoms with E-state index < -0.39 is 0 Å². The van der Waals surface area contributed by atoms with Gasteiger partial charge in [-0.2, -0.15) is 0 Å². The molecule has 0 heterocycles. The molecule has 3 heteroatoms. The molecule has 0 aliphatic carbocycles. The highest BCUT2D eigenvalue weighted by molar-refractivity contribution is 9.10. The van der Waals surface area contributed by atoms with Gasteiger partial charge < -0.3 is 10.5 Å². The van der Waals surface area contributed by atoms with Crippen molar-refractivity contribution in [2.45, 2.75) is 26.3 Å². The van der Waals surface area contributed by atoms with Crippen LogP contribution in [-0.2, 0) is 0 Å². The Kier molecular flexibility index (Phi) is 4.61. The molecule has 84 valence electrons. The quantitative estimate of drug-likeness (QED) is 0.910. The third kappa shape index (κ3) is 2.95. The third-order valence-corrected chi connectivity index (χ3v) is 3.30.